The fourth-order valence-corrected chi connectivity index (χ4v) is 1.29. The molecule has 4 nitrogen and oxygen atoms in total. The number of hydrogen-bond acceptors (Lipinski definition) is 4. The van der Waals surface area contributed by atoms with Crippen molar-refractivity contribution in [1.82, 2.24) is 4.98 Å². The van der Waals surface area contributed by atoms with Gasteiger partial charge in [-0.25, -0.2) is 4.98 Å². The van der Waals surface area contributed by atoms with Crippen LogP contribution >= 0.6 is 0 Å². The Morgan fingerprint density at radius 3 is 2.56 bits per heavy atom. The van der Waals surface area contributed by atoms with Crippen molar-refractivity contribution >= 4 is 5.97 Å². The lowest BCUT2D eigenvalue weighted by Crippen LogP contribution is -2.12. The van der Waals surface area contributed by atoms with Gasteiger partial charge in [0.05, 0.1) is 20.1 Å². The summed E-state index contributed by atoms with van der Waals surface area (Å²) in [7, 11) is 1.20. The number of nitrogens with zero attached hydrogens (tertiary/aromatic N) is 1. The van der Waals surface area contributed by atoms with E-state index in [0.717, 1.165) is 6.07 Å². The van der Waals surface area contributed by atoms with Crippen molar-refractivity contribution in [2.24, 2.45) is 0 Å². The van der Waals surface area contributed by atoms with Crippen molar-refractivity contribution in [2.45, 2.75) is 19.5 Å². The Morgan fingerprint density at radius 2 is 2.06 bits per heavy atom. The van der Waals surface area contributed by atoms with Crippen LogP contribution in [0.5, 0.6) is 5.88 Å². The van der Waals surface area contributed by atoms with E-state index in [9.17, 15) is 18.0 Å². The highest BCUT2D eigenvalue weighted by molar-refractivity contribution is 5.72. The van der Waals surface area contributed by atoms with Crippen LogP contribution in [0.3, 0.4) is 0 Å². The van der Waals surface area contributed by atoms with Crippen LogP contribution in [0.1, 0.15) is 18.2 Å². The predicted molar refractivity (Wildman–Crippen MR) is 56.1 cm³/mol. The summed E-state index contributed by atoms with van der Waals surface area (Å²) < 4.78 is 46.9. The summed E-state index contributed by atoms with van der Waals surface area (Å²) in [5, 5.41) is 0. The predicted octanol–water partition coefficient (Wildman–Crippen LogP) is 2.21. The van der Waals surface area contributed by atoms with E-state index in [1.54, 1.807) is 6.92 Å². The van der Waals surface area contributed by atoms with Gasteiger partial charge < -0.3 is 9.47 Å². The van der Waals surface area contributed by atoms with Crippen molar-refractivity contribution in [3.8, 4) is 5.88 Å². The van der Waals surface area contributed by atoms with Crippen molar-refractivity contribution in [2.75, 3.05) is 13.7 Å². The molecule has 0 unspecified atom stereocenters. The van der Waals surface area contributed by atoms with Crippen molar-refractivity contribution in [1.29, 1.82) is 0 Å². The first kappa shape index (κ1) is 14.3. The molecule has 0 atom stereocenters. The maximum atomic E-state index is 12.5. The van der Waals surface area contributed by atoms with Gasteiger partial charge in [-0.2, -0.15) is 13.2 Å². The molecular formula is C11H12F3NO3. The molecule has 1 aromatic rings. The van der Waals surface area contributed by atoms with E-state index in [0.29, 0.717) is 0 Å². The van der Waals surface area contributed by atoms with E-state index < -0.39 is 17.8 Å². The number of methoxy groups -OCH3 is 1. The molecule has 1 aromatic heterocycles. The highest BCUT2D eigenvalue weighted by atomic mass is 19.4. The molecule has 0 aliphatic carbocycles. The van der Waals surface area contributed by atoms with Crippen LogP contribution in [0.2, 0.25) is 0 Å². The summed E-state index contributed by atoms with van der Waals surface area (Å²) in [6.07, 6.45) is -4.84. The molecule has 0 spiro atoms. The topological polar surface area (TPSA) is 48.4 Å². The van der Waals surface area contributed by atoms with E-state index in [-0.39, 0.29) is 24.5 Å². The first-order chi connectivity index (χ1) is 8.36. The molecule has 18 heavy (non-hydrogen) atoms. The normalized spacial score (nSPS) is 11.2. The molecule has 100 valence electrons. The van der Waals surface area contributed by atoms with E-state index in [1.165, 1.54) is 13.2 Å². The molecule has 0 saturated carbocycles. The average molecular weight is 263 g/mol. The number of rotatable bonds is 4. The molecule has 7 heteroatoms. The lowest BCUT2D eigenvalue weighted by Gasteiger charge is -2.10. The quantitative estimate of drug-likeness (QED) is 0.781. The maximum absolute atomic E-state index is 12.5. The summed E-state index contributed by atoms with van der Waals surface area (Å²) in [4.78, 5) is 14.5. The second kappa shape index (κ2) is 5.70. The first-order valence-corrected chi connectivity index (χ1v) is 5.14. The Hall–Kier alpha value is -1.79. The lowest BCUT2D eigenvalue weighted by molar-refractivity contribution is -0.143. The smallest absolute Gasteiger partial charge is 0.433 e. The summed E-state index contributed by atoms with van der Waals surface area (Å²) in [5.74, 6) is -0.789. The molecule has 0 aromatic carbocycles. The number of aromatic nitrogens is 1. The highest BCUT2D eigenvalue weighted by Gasteiger charge is 2.33. The molecule has 0 bridgehead atoms. The van der Waals surface area contributed by atoms with E-state index in [2.05, 4.69) is 14.5 Å². The largest absolute Gasteiger partial charge is 0.481 e. The Balaban J connectivity index is 3.01. The fraction of sp³-hybridized carbons (Fsp3) is 0.455. The third-order valence-electron chi connectivity index (χ3n) is 2.01. The Bertz CT molecular complexity index is 432. The second-order valence-electron chi connectivity index (χ2n) is 3.38. The van der Waals surface area contributed by atoms with Crippen LogP contribution in [0, 0.1) is 0 Å². The Morgan fingerprint density at radius 1 is 1.39 bits per heavy atom. The Kier molecular flexibility index (Phi) is 4.52. The minimum atomic E-state index is -4.59. The zero-order chi connectivity index (χ0) is 13.8. The average Bonchev–Trinajstić information content (AvgIpc) is 2.27. The standard InChI is InChI=1S/C11H12F3NO3/c1-3-18-10(16)6-7-4-8(11(12,13)14)15-9(5-7)17-2/h4-5H,3,6H2,1-2H3. The minimum Gasteiger partial charge on any atom is -0.481 e. The van der Waals surface area contributed by atoms with E-state index in [1.807, 2.05) is 0 Å². The van der Waals surface area contributed by atoms with Crippen molar-refractivity contribution < 1.29 is 27.4 Å². The van der Waals surface area contributed by atoms with Crippen molar-refractivity contribution in [3.63, 3.8) is 0 Å². The van der Waals surface area contributed by atoms with E-state index in [4.69, 9.17) is 0 Å². The summed E-state index contributed by atoms with van der Waals surface area (Å²) in [6, 6.07) is 2.08. The van der Waals surface area contributed by atoms with Gasteiger partial charge in [0.1, 0.15) is 5.69 Å². The van der Waals surface area contributed by atoms with Crippen LogP contribution in [-0.2, 0) is 22.1 Å². The summed E-state index contributed by atoms with van der Waals surface area (Å²) in [6.45, 7) is 1.79. The van der Waals surface area contributed by atoms with Gasteiger partial charge in [-0.3, -0.25) is 4.79 Å². The van der Waals surface area contributed by atoms with Gasteiger partial charge in [-0.15, -0.1) is 0 Å². The Labute approximate surface area is 102 Å². The molecule has 0 saturated heterocycles. The number of carbonyl (C=O) groups excluding carboxylic acids is 1. The van der Waals surface area contributed by atoms with Crippen LogP contribution in [0.15, 0.2) is 12.1 Å². The second-order valence-corrected chi connectivity index (χ2v) is 3.38. The van der Waals surface area contributed by atoms with Gasteiger partial charge in [0.2, 0.25) is 5.88 Å². The van der Waals surface area contributed by atoms with Crippen LogP contribution in [0.25, 0.3) is 0 Å². The van der Waals surface area contributed by atoms with Gasteiger partial charge in [0.25, 0.3) is 0 Å². The fourth-order valence-electron chi connectivity index (χ4n) is 1.29. The van der Waals surface area contributed by atoms with Gasteiger partial charge >= 0.3 is 12.1 Å². The van der Waals surface area contributed by atoms with Gasteiger partial charge in [0.15, 0.2) is 0 Å². The van der Waals surface area contributed by atoms with Crippen molar-refractivity contribution in [3.05, 3.63) is 23.4 Å². The third kappa shape index (κ3) is 3.90. The maximum Gasteiger partial charge on any atom is 0.433 e. The molecule has 0 N–H and O–H groups in total. The van der Waals surface area contributed by atoms with Crippen LogP contribution in [-0.4, -0.2) is 24.7 Å². The first-order valence-electron chi connectivity index (χ1n) is 5.14. The zero-order valence-electron chi connectivity index (χ0n) is 9.87. The molecule has 0 aliphatic heterocycles. The number of carbonyl (C=O) groups is 1. The monoisotopic (exact) mass is 263 g/mol. The van der Waals surface area contributed by atoms with Crippen LogP contribution in [0.4, 0.5) is 13.2 Å². The SMILES string of the molecule is CCOC(=O)Cc1cc(OC)nc(C(F)(F)F)c1. The lowest BCUT2D eigenvalue weighted by atomic mass is 10.1. The minimum absolute atomic E-state index is 0.146. The molecule has 1 heterocycles. The molecule has 0 fully saturated rings. The molecule has 0 aliphatic rings. The van der Waals surface area contributed by atoms with Gasteiger partial charge in [-0.05, 0) is 18.6 Å². The molecule has 0 amide bonds. The molecule has 0 radical (unpaired) electrons. The number of halogens is 3. The molecular weight excluding hydrogens is 251 g/mol. The zero-order valence-corrected chi connectivity index (χ0v) is 9.87. The number of alkyl halides is 3. The number of hydrogen-bond donors (Lipinski definition) is 0. The number of esters is 1. The number of ether oxygens (including phenoxy) is 2. The highest BCUT2D eigenvalue weighted by Crippen LogP contribution is 2.30. The van der Waals surface area contributed by atoms with Gasteiger partial charge in [-0.1, -0.05) is 0 Å². The number of pyridine rings is 1. The molecule has 1 rings (SSSR count). The summed E-state index contributed by atoms with van der Waals surface area (Å²) in [5.41, 5.74) is -0.950. The van der Waals surface area contributed by atoms with Crippen LogP contribution < -0.4 is 4.74 Å². The third-order valence-corrected chi connectivity index (χ3v) is 2.01. The van der Waals surface area contributed by atoms with E-state index >= 15 is 0 Å². The van der Waals surface area contributed by atoms with Gasteiger partial charge in [0, 0.05) is 6.07 Å². The summed E-state index contributed by atoms with van der Waals surface area (Å²) >= 11 is 0.